The Kier molecular flexibility index (Phi) is 5.27. The van der Waals surface area contributed by atoms with Crippen LogP contribution in [0.15, 0.2) is 29.8 Å². The van der Waals surface area contributed by atoms with Crippen LogP contribution >= 0.6 is 11.8 Å². The van der Waals surface area contributed by atoms with Crippen molar-refractivity contribution < 1.29 is 4.74 Å². The lowest BCUT2D eigenvalue weighted by atomic mass is 9.99. The number of anilines is 1. The molecular formula is C16H21N5OS. The van der Waals surface area contributed by atoms with Crippen molar-refractivity contribution in [1.82, 2.24) is 19.9 Å². The highest BCUT2D eigenvalue weighted by atomic mass is 32.2. The van der Waals surface area contributed by atoms with Crippen LogP contribution in [0.2, 0.25) is 0 Å². The van der Waals surface area contributed by atoms with Crippen LogP contribution in [0, 0.1) is 12.8 Å². The minimum atomic E-state index is 0.458. The van der Waals surface area contributed by atoms with Crippen molar-refractivity contribution in [2.24, 2.45) is 5.92 Å². The van der Waals surface area contributed by atoms with Gasteiger partial charge in [-0.25, -0.2) is 19.9 Å². The molecule has 0 spiro atoms. The van der Waals surface area contributed by atoms with E-state index < -0.39 is 0 Å². The maximum absolute atomic E-state index is 5.74. The highest BCUT2D eigenvalue weighted by Gasteiger charge is 2.22. The Morgan fingerprint density at radius 2 is 2.13 bits per heavy atom. The van der Waals surface area contributed by atoms with E-state index in [1.807, 2.05) is 25.4 Å². The summed E-state index contributed by atoms with van der Waals surface area (Å²) in [5, 5.41) is 0.814. The molecule has 1 fully saturated rings. The monoisotopic (exact) mass is 331 g/mol. The number of nitrogens with zero attached hydrogens (tertiary/aromatic N) is 5. The van der Waals surface area contributed by atoms with Gasteiger partial charge >= 0.3 is 6.01 Å². The first-order valence-electron chi connectivity index (χ1n) is 7.78. The third kappa shape index (κ3) is 4.31. The Balaban J connectivity index is 1.58. The molecule has 23 heavy (non-hydrogen) atoms. The Labute approximate surface area is 140 Å². The lowest BCUT2D eigenvalue weighted by Gasteiger charge is -2.33. The summed E-state index contributed by atoms with van der Waals surface area (Å²) in [5.41, 5.74) is 1.04. The summed E-state index contributed by atoms with van der Waals surface area (Å²) in [7, 11) is 0. The summed E-state index contributed by atoms with van der Waals surface area (Å²) >= 11 is 1.57. The molecule has 1 saturated heterocycles. The average Bonchev–Trinajstić information content (AvgIpc) is 2.61. The molecule has 1 atom stereocenters. The molecule has 7 heteroatoms. The van der Waals surface area contributed by atoms with Crippen molar-refractivity contribution in [2.75, 3.05) is 30.9 Å². The number of thioether (sulfide) groups is 1. The van der Waals surface area contributed by atoms with Gasteiger partial charge in [0.15, 0.2) is 5.16 Å². The number of piperidine rings is 1. The first kappa shape index (κ1) is 16.0. The molecule has 6 nitrogen and oxygen atoms in total. The fraction of sp³-hybridized carbons (Fsp3) is 0.500. The van der Waals surface area contributed by atoms with Gasteiger partial charge < -0.3 is 9.64 Å². The summed E-state index contributed by atoms with van der Waals surface area (Å²) < 4.78 is 5.74. The predicted molar refractivity (Wildman–Crippen MR) is 91.0 cm³/mol. The molecule has 0 aromatic carbocycles. The molecular weight excluding hydrogens is 310 g/mol. The summed E-state index contributed by atoms with van der Waals surface area (Å²) in [6.45, 7) is 4.58. The smallest absolute Gasteiger partial charge is 0.316 e. The van der Waals surface area contributed by atoms with E-state index in [1.54, 1.807) is 24.2 Å². The Morgan fingerprint density at radius 3 is 2.91 bits per heavy atom. The lowest BCUT2D eigenvalue weighted by molar-refractivity contribution is 0.213. The topological polar surface area (TPSA) is 64.0 Å². The Morgan fingerprint density at radius 1 is 1.30 bits per heavy atom. The van der Waals surface area contributed by atoms with Crippen LogP contribution in [0.25, 0.3) is 0 Å². The second-order valence-electron chi connectivity index (χ2n) is 5.71. The normalized spacial score (nSPS) is 18.0. The predicted octanol–water partition coefficient (Wildman–Crippen LogP) is 2.59. The molecule has 3 heterocycles. The van der Waals surface area contributed by atoms with Crippen LogP contribution in [0.4, 0.5) is 5.82 Å². The molecule has 2 aromatic rings. The van der Waals surface area contributed by atoms with Gasteiger partial charge in [-0.2, -0.15) is 0 Å². The molecule has 2 aromatic heterocycles. The number of rotatable bonds is 5. The minimum absolute atomic E-state index is 0.458. The van der Waals surface area contributed by atoms with Gasteiger partial charge in [-0.3, -0.25) is 0 Å². The average molecular weight is 331 g/mol. The van der Waals surface area contributed by atoms with Crippen molar-refractivity contribution in [2.45, 2.75) is 24.9 Å². The van der Waals surface area contributed by atoms with Crippen LogP contribution in [-0.2, 0) is 0 Å². The third-order valence-electron chi connectivity index (χ3n) is 3.85. The van der Waals surface area contributed by atoms with E-state index in [-0.39, 0.29) is 0 Å². The Bertz CT molecular complexity index is 637. The maximum atomic E-state index is 5.74. The maximum Gasteiger partial charge on any atom is 0.316 e. The Hall–Kier alpha value is -1.89. The first-order valence-corrected chi connectivity index (χ1v) is 9.00. The molecule has 1 unspecified atom stereocenters. The number of ether oxygens (including phenoxy) is 1. The van der Waals surface area contributed by atoms with Gasteiger partial charge in [0, 0.05) is 37.6 Å². The molecule has 1 aliphatic heterocycles. The zero-order valence-corrected chi connectivity index (χ0v) is 14.3. The fourth-order valence-electron chi connectivity index (χ4n) is 2.66. The number of aromatic nitrogens is 4. The van der Waals surface area contributed by atoms with E-state index in [2.05, 4.69) is 24.8 Å². The molecule has 0 amide bonds. The molecule has 122 valence electrons. The van der Waals surface area contributed by atoms with E-state index in [1.165, 1.54) is 0 Å². The fourth-order valence-corrected chi connectivity index (χ4v) is 3.01. The molecule has 0 saturated carbocycles. The highest BCUT2D eigenvalue weighted by Crippen LogP contribution is 2.23. The van der Waals surface area contributed by atoms with E-state index >= 15 is 0 Å². The molecule has 0 N–H and O–H groups in total. The summed E-state index contributed by atoms with van der Waals surface area (Å²) in [6, 6.07) is 2.44. The zero-order valence-electron chi connectivity index (χ0n) is 13.5. The second-order valence-corrected chi connectivity index (χ2v) is 6.48. The summed E-state index contributed by atoms with van der Waals surface area (Å²) in [6.07, 6.45) is 9.67. The van der Waals surface area contributed by atoms with Crippen LogP contribution in [0.3, 0.4) is 0 Å². The molecule has 3 rings (SSSR count). The number of aryl methyl sites for hydroxylation is 1. The van der Waals surface area contributed by atoms with Gasteiger partial charge in [0.2, 0.25) is 0 Å². The van der Waals surface area contributed by atoms with E-state index in [4.69, 9.17) is 4.74 Å². The third-order valence-corrected chi connectivity index (χ3v) is 4.41. The van der Waals surface area contributed by atoms with E-state index in [9.17, 15) is 0 Å². The molecule has 0 aliphatic carbocycles. The van der Waals surface area contributed by atoms with Gasteiger partial charge in [0.1, 0.15) is 5.82 Å². The SMILES string of the molecule is CSc1nccc(N2CCCC(COc3ncc(C)cn3)C2)n1. The van der Waals surface area contributed by atoms with Crippen molar-refractivity contribution in [1.29, 1.82) is 0 Å². The number of hydrogen-bond donors (Lipinski definition) is 0. The van der Waals surface area contributed by atoms with E-state index in [0.29, 0.717) is 18.5 Å². The minimum Gasteiger partial charge on any atom is -0.463 e. The largest absolute Gasteiger partial charge is 0.463 e. The van der Waals surface area contributed by atoms with Crippen LogP contribution in [0.1, 0.15) is 18.4 Å². The van der Waals surface area contributed by atoms with Crippen molar-refractivity contribution >= 4 is 17.6 Å². The van der Waals surface area contributed by atoms with Gasteiger partial charge in [0.25, 0.3) is 0 Å². The molecule has 0 bridgehead atoms. The van der Waals surface area contributed by atoms with Gasteiger partial charge in [0.05, 0.1) is 6.61 Å². The summed E-state index contributed by atoms with van der Waals surface area (Å²) in [4.78, 5) is 19.5. The quantitative estimate of drug-likeness (QED) is 0.616. The van der Waals surface area contributed by atoms with Crippen molar-refractivity contribution in [3.05, 3.63) is 30.2 Å². The molecule has 1 aliphatic rings. The summed E-state index contributed by atoms with van der Waals surface area (Å²) in [5.74, 6) is 1.46. The number of hydrogen-bond acceptors (Lipinski definition) is 7. The lowest BCUT2D eigenvalue weighted by Crippen LogP contribution is -2.38. The van der Waals surface area contributed by atoms with Gasteiger partial charge in [-0.05, 0) is 37.7 Å². The highest BCUT2D eigenvalue weighted by molar-refractivity contribution is 7.98. The second kappa shape index (κ2) is 7.59. The van der Waals surface area contributed by atoms with Crippen LogP contribution < -0.4 is 9.64 Å². The first-order chi connectivity index (χ1) is 11.2. The van der Waals surface area contributed by atoms with Crippen molar-refractivity contribution in [3.63, 3.8) is 0 Å². The van der Waals surface area contributed by atoms with Gasteiger partial charge in [-0.15, -0.1) is 0 Å². The standard InChI is InChI=1S/C16H21N5OS/c1-12-8-18-15(19-9-12)22-11-13-4-3-7-21(10-13)14-5-6-17-16(20-14)23-2/h5-6,8-9,13H,3-4,7,10-11H2,1-2H3. The van der Waals surface area contributed by atoms with Crippen LogP contribution in [-0.4, -0.2) is 45.9 Å². The van der Waals surface area contributed by atoms with E-state index in [0.717, 1.165) is 42.5 Å². The molecule has 0 radical (unpaired) electrons. The zero-order chi connectivity index (χ0) is 16.1. The van der Waals surface area contributed by atoms with Crippen LogP contribution in [0.5, 0.6) is 6.01 Å². The van der Waals surface area contributed by atoms with Crippen molar-refractivity contribution in [3.8, 4) is 6.01 Å². The van der Waals surface area contributed by atoms with Gasteiger partial charge in [-0.1, -0.05) is 11.8 Å².